The molecule has 0 heterocycles. The van der Waals surface area contributed by atoms with E-state index in [1.807, 2.05) is 0 Å². The molecule has 0 saturated heterocycles. The molecule has 474 valence electrons. The number of unbranched alkanes of at least 4 members (excludes halogenated alkanes) is 48. The first-order chi connectivity index (χ1) is 40.0. The Morgan fingerprint density at radius 3 is 0.691 bits per heavy atom. The second-order valence-corrected chi connectivity index (χ2v) is 24.5. The Hall–Kier alpha value is -2.63. The molecule has 1 atom stereocenters. The lowest BCUT2D eigenvalue weighted by Crippen LogP contribution is -2.30. The van der Waals surface area contributed by atoms with Gasteiger partial charge in [-0.15, -0.1) is 0 Å². The standard InChI is InChI=1S/C75H138O6/c1-4-7-10-13-16-19-22-25-28-30-31-32-33-34-35-36-37-38-39-40-41-42-43-44-45-46-48-50-53-56-59-62-65-68-74(77)80-71-72(70-79-73(76)67-64-61-58-55-52-49-27-24-21-18-15-12-9-6-3)81-75(78)69-66-63-60-57-54-51-47-29-26-23-20-17-14-11-8-5-2/h22,24-25,27,29-31,47,72H,4-21,23,26,28,32-46,48-71H2,1-3H3/b25-22-,27-24-,31-30-,47-29-. The molecule has 6 heteroatoms. The molecule has 0 saturated carbocycles. The molecule has 0 amide bonds. The zero-order valence-electron chi connectivity index (χ0n) is 54.6. The van der Waals surface area contributed by atoms with Crippen LogP contribution in [-0.4, -0.2) is 37.2 Å². The highest BCUT2D eigenvalue weighted by Gasteiger charge is 2.19. The van der Waals surface area contributed by atoms with Crippen molar-refractivity contribution in [2.45, 2.75) is 399 Å². The molecule has 0 aromatic heterocycles. The summed E-state index contributed by atoms with van der Waals surface area (Å²) < 4.78 is 17.0. The van der Waals surface area contributed by atoms with Gasteiger partial charge in [0.15, 0.2) is 6.10 Å². The van der Waals surface area contributed by atoms with Crippen molar-refractivity contribution in [2.75, 3.05) is 13.2 Å². The smallest absolute Gasteiger partial charge is 0.306 e. The number of carbonyl (C=O) groups excluding carboxylic acids is 3. The van der Waals surface area contributed by atoms with Gasteiger partial charge in [-0.3, -0.25) is 14.4 Å². The Morgan fingerprint density at radius 2 is 0.444 bits per heavy atom. The largest absolute Gasteiger partial charge is 0.462 e. The summed E-state index contributed by atoms with van der Waals surface area (Å²) in [5.74, 6) is -0.867. The van der Waals surface area contributed by atoms with E-state index >= 15 is 0 Å². The normalized spacial score (nSPS) is 12.3. The Bertz CT molecular complexity index is 1400. The fraction of sp³-hybridized carbons (Fsp3) is 0.853. The van der Waals surface area contributed by atoms with Gasteiger partial charge in [0, 0.05) is 19.3 Å². The van der Waals surface area contributed by atoms with Gasteiger partial charge < -0.3 is 14.2 Å². The minimum atomic E-state index is -0.779. The third-order valence-corrected chi connectivity index (χ3v) is 16.3. The van der Waals surface area contributed by atoms with Gasteiger partial charge in [0.2, 0.25) is 0 Å². The van der Waals surface area contributed by atoms with E-state index in [9.17, 15) is 14.4 Å². The number of hydrogen-bond acceptors (Lipinski definition) is 6. The zero-order valence-corrected chi connectivity index (χ0v) is 54.6. The average molecular weight is 1140 g/mol. The molecule has 0 aliphatic heterocycles. The predicted octanol–water partition coefficient (Wildman–Crippen LogP) is 24.9. The molecule has 0 rings (SSSR count). The van der Waals surface area contributed by atoms with Crippen molar-refractivity contribution in [2.24, 2.45) is 0 Å². The van der Waals surface area contributed by atoms with Gasteiger partial charge in [-0.2, -0.15) is 0 Å². The highest BCUT2D eigenvalue weighted by Crippen LogP contribution is 2.18. The Labute approximate surface area is 505 Å². The first kappa shape index (κ1) is 78.4. The van der Waals surface area contributed by atoms with E-state index in [2.05, 4.69) is 69.4 Å². The summed E-state index contributed by atoms with van der Waals surface area (Å²) in [6.45, 7) is 6.66. The minimum Gasteiger partial charge on any atom is -0.462 e. The molecule has 6 nitrogen and oxygen atoms in total. The first-order valence-electron chi connectivity index (χ1n) is 36.1. The molecule has 0 aliphatic rings. The second kappa shape index (κ2) is 69.9. The van der Waals surface area contributed by atoms with Crippen LogP contribution in [0.25, 0.3) is 0 Å². The summed E-state index contributed by atoms with van der Waals surface area (Å²) in [6, 6.07) is 0. The summed E-state index contributed by atoms with van der Waals surface area (Å²) >= 11 is 0. The predicted molar refractivity (Wildman–Crippen MR) is 353 cm³/mol. The van der Waals surface area contributed by atoms with Crippen LogP contribution in [0.2, 0.25) is 0 Å². The van der Waals surface area contributed by atoms with E-state index < -0.39 is 6.10 Å². The quantitative estimate of drug-likeness (QED) is 0.0261. The SMILES string of the molecule is CCCCCCC/C=C\C/C=C\CCCCCCCCCCCCCCCCCCCCCCCC(=O)OCC(COC(=O)CCCCCCC/C=C\CCCCCCC)OC(=O)CCCCCCC/C=C\CCCCCCCCC. The maximum atomic E-state index is 12.9. The highest BCUT2D eigenvalue weighted by molar-refractivity contribution is 5.71. The van der Waals surface area contributed by atoms with Crippen LogP contribution in [0, 0.1) is 0 Å². The van der Waals surface area contributed by atoms with Gasteiger partial charge in [0.25, 0.3) is 0 Å². The maximum Gasteiger partial charge on any atom is 0.306 e. The Kier molecular flexibility index (Phi) is 67.6. The molecular formula is C75H138O6. The van der Waals surface area contributed by atoms with Gasteiger partial charge >= 0.3 is 17.9 Å². The van der Waals surface area contributed by atoms with Gasteiger partial charge in [-0.25, -0.2) is 0 Å². The lowest BCUT2D eigenvalue weighted by atomic mass is 10.0. The van der Waals surface area contributed by atoms with Crippen LogP contribution < -0.4 is 0 Å². The number of carbonyl (C=O) groups is 3. The van der Waals surface area contributed by atoms with Crippen LogP contribution in [0.1, 0.15) is 393 Å². The topological polar surface area (TPSA) is 78.9 Å². The third-order valence-electron chi connectivity index (χ3n) is 16.3. The second-order valence-electron chi connectivity index (χ2n) is 24.5. The molecule has 0 aliphatic carbocycles. The van der Waals surface area contributed by atoms with E-state index in [1.165, 1.54) is 276 Å². The first-order valence-corrected chi connectivity index (χ1v) is 36.1. The van der Waals surface area contributed by atoms with E-state index in [1.54, 1.807) is 0 Å². The molecule has 0 N–H and O–H groups in total. The average Bonchev–Trinajstić information content (AvgIpc) is 3.47. The van der Waals surface area contributed by atoms with Crippen LogP contribution in [-0.2, 0) is 28.6 Å². The van der Waals surface area contributed by atoms with E-state index in [4.69, 9.17) is 14.2 Å². The molecule has 81 heavy (non-hydrogen) atoms. The van der Waals surface area contributed by atoms with Crippen molar-refractivity contribution in [3.05, 3.63) is 48.6 Å². The zero-order chi connectivity index (χ0) is 58.5. The summed E-state index contributed by atoms with van der Waals surface area (Å²) in [7, 11) is 0. The van der Waals surface area contributed by atoms with Crippen molar-refractivity contribution >= 4 is 17.9 Å². The van der Waals surface area contributed by atoms with Crippen molar-refractivity contribution in [1.82, 2.24) is 0 Å². The monoisotopic (exact) mass is 1140 g/mol. The fourth-order valence-electron chi connectivity index (χ4n) is 10.8. The maximum absolute atomic E-state index is 12.9. The number of rotatable bonds is 67. The lowest BCUT2D eigenvalue weighted by Gasteiger charge is -2.18. The van der Waals surface area contributed by atoms with Gasteiger partial charge in [-0.1, -0.05) is 320 Å². The summed E-state index contributed by atoms with van der Waals surface area (Å²) in [5, 5.41) is 0. The molecule has 0 aromatic carbocycles. The van der Waals surface area contributed by atoms with E-state index in [0.717, 1.165) is 77.0 Å². The highest BCUT2D eigenvalue weighted by atomic mass is 16.6. The van der Waals surface area contributed by atoms with E-state index in [0.29, 0.717) is 19.3 Å². The number of esters is 3. The molecule has 1 unspecified atom stereocenters. The molecule has 0 radical (unpaired) electrons. The van der Waals surface area contributed by atoms with Crippen molar-refractivity contribution in [1.29, 1.82) is 0 Å². The summed E-state index contributed by atoms with van der Waals surface area (Å²) in [5.41, 5.74) is 0. The van der Waals surface area contributed by atoms with Crippen LogP contribution >= 0.6 is 0 Å². The number of hydrogen-bond donors (Lipinski definition) is 0. The number of allylic oxidation sites excluding steroid dienone is 8. The van der Waals surface area contributed by atoms with Gasteiger partial charge in [-0.05, 0) is 103 Å². The van der Waals surface area contributed by atoms with Crippen molar-refractivity contribution in [3.8, 4) is 0 Å². The van der Waals surface area contributed by atoms with Crippen molar-refractivity contribution in [3.63, 3.8) is 0 Å². The minimum absolute atomic E-state index is 0.0745. The summed E-state index contributed by atoms with van der Waals surface area (Å²) in [4.78, 5) is 38.4. The third kappa shape index (κ3) is 68.0. The lowest BCUT2D eigenvalue weighted by molar-refractivity contribution is -0.167. The molecular weight excluding hydrogens is 997 g/mol. The molecule has 0 fully saturated rings. The molecule has 0 bridgehead atoms. The van der Waals surface area contributed by atoms with Crippen LogP contribution in [0.15, 0.2) is 48.6 Å². The summed E-state index contributed by atoms with van der Waals surface area (Å²) in [6.07, 6.45) is 88.7. The Morgan fingerprint density at radius 1 is 0.247 bits per heavy atom. The van der Waals surface area contributed by atoms with Gasteiger partial charge in [0.1, 0.15) is 13.2 Å². The fourth-order valence-corrected chi connectivity index (χ4v) is 10.8. The van der Waals surface area contributed by atoms with Crippen LogP contribution in [0.5, 0.6) is 0 Å². The molecule has 0 spiro atoms. The van der Waals surface area contributed by atoms with Crippen LogP contribution in [0.4, 0.5) is 0 Å². The van der Waals surface area contributed by atoms with Crippen LogP contribution in [0.3, 0.4) is 0 Å². The van der Waals surface area contributed by atoms with Gasteiger partial charge in [0.05, 0.1) is 0 Å². The number of ether oxygens (including phenoxy) is 3. The Balaban J connectivity index is 4.13. The van der Waals surface area contributed by atoms with Crippen molar-refractivity contribution < 1.29 is 28.6 Å². The van der Waals surface area contributed by atoms with E-state index in [-0.39, 0.29) is 31.1 Å². The molecule has 0 aromatic rings.